The Morgan fingerprint density at radius 1 is 1.14 bits per heavy atom. The van der Waals surface area contributed by atoms with Gasteiger partial charge >= 0.3 is 5.97 Å². The summed E-state index contributed by atoms with van der Waals surface area (Å²) in [5.41, 5.74) is 1.85. The molecule has 0 atom stereocenters. The zero-order valence-corrected chi connectivity index (χ0v) is 15.0. The first-order valence-electron chi connectivity index (χ1n) is 8.60. The third-order valence-corrected chi connectivity index (χ3v) is 4.65. The van der Waals surface area contributed by atoms with Crippen LogP contribution in [0.25, 0.3) is 16.6 Å². The first kappa shape index (κ1) is 17.7. The zero-order chi connectivity index (χ0) is 19.8. The van der Waals surface area contributed by atoms with E-state index in [1.807, 2.05) is 37.3 Å². The number of fused-ring (bicyclic) bond motifs is 1. The number of rotatable bonds is 4. The lowest BCUT2D eigenvalue weighted by Gasteiger charge is -2.13. The second kappa shape index (κ2) is 6.77. The second-order valence-corrected chi connectivity index (χ2v) is 6.49. The summed E-state index contributed by atoms with van der Waals surface area (Å²) in [7, 11) is 0. The molecule has 0 amide bonds. The van der Waals surface area contributed by atoms with Crippen molar-refractivity contribution in [3.8, 4) is 5.69 Å². The normalized spacial score (nSPS) is 11.1. The largest absolute Gasteiger partial charge is 0.477 e. The molecule has 0 radical (unpaired) electrons. The quantitative estimate of drug-likeness (QED) is 0.591. The average molecular weight is 377 g/mol. The molecule has 0 aliphatic rings. The summed E-state index contributed by atoms with van der Waals surface area (Å²) >= 11 is 0. The minimum Gasteiger partial charge on any atom is -0.477 e. The SMILES string of the molecule is Cc1ccnn1-c1ccc(Cn2cc(C(=O)O)c(=O)c3c(F)cccc32)cc1. The van der Waals surface area contributed by atoms with Gasteiger partial charge in [0.25, 0.3) is 0 Å². The van der Waals surface area contributed by atoms with Crippen LogP contribution >= 0.6 is 0 Å². The van der Waals surface area contributed by atoms with Crippen molar-refractivity contribution in [3.63, 3.8) is 0 Å². The summed E-state index contributed by atoms with van der Waals surface area (Å²) in [6.07, 6.45) is 2.98. The van der Waals surface area contributed by atoms with Gasteiger partial charge in [0.2, 0.25) is 5.43 Å². The smallest absolute Gasteiger partial charge is 0.341 e. The van der Waals surface area contributed by atoms with Crippen LogP contribution in [0.4, 0.5) is 4.39 Å². The summed E-state index contributed by atoms with van der Waals surface area (Å²) in [4.78, 5) is 23.8. The van der Waals surface area contributed by atoms with Crippen LogP contribution in [0.1, 0.15) is 21.6 Å². The monoisotopic (exact) mass is 377 g/mol. The number of halogens is 1. The molecule has 0 unspecified atom stereocenters. The number of benzene rings is 2. The van der Waals surface area contributed by atoms with E-state index in [1.165, 1.54) is 12.3 Å². The molecule has 1 N–H and O–H groups in total. The van der Waals surface area contributed by atoms with Crippen LogP contribution in [0.15, 0.2) is 65.7 Å². The molecule has 4 aromatic rings. The number of hydrogen-bond acceptors (Lipinski definition) is 3. The first-order valence-corrected chi connectivity index (χ1v) is 8.60. The second-order valence-electron chi connectivity index (χ2n) is 6.49. The van der Waals surface area contributed by atoms with Gasteiger partial charge in [0.05, 0.1) is 16.6 Å². The Morgan fingerprint density at radius 3 is 2.54 bits per heavy atom. The number of hydrogen-bond donors (Lipinski definition) is 1. The Morgan fingerprint density at radius 2 is 1.89 bits per heavy atom. The maximum Gasteiger partial charge on any atom is 0.341 e. The number of nitrogens with zero attached hydrogens (tertiary/aromatic N) is 3. The third kappa shape index (κ3) is 2.96. The number of aromatic carboxylic acids is 1. The molecule has 7 heteroatoms. The Balaban J connectivity index is 1.79. The van der Waals surface area contributed by atoms with Gasteiger partial charge in [-0.05, 0) is 42.8 Å². The highest BCUT2D eigenvalue weighted by Gasteiger charge is 2.17. The number of aryl methyl sites for hydroxylation is 1. The number of aromatic nitrogens is 3. The predicted molar refractivity (Wildman–Crippen MR) is 103 cm³/mol. The van der Waals surface area contributed by atoms with Crippen LogP contribution < -0.4 is 5.43 Å². The number of pyridine rings is 1. The van der Waals surface area contributed by atoms with Gasteiger partial charge in [0, 0.05) is 24.6 Å². The fourth-order valence-electron chi connectivity index (χ4n) is 3.26. The maximum atomic E-state index is 14.2. The third-order valence-electron chi connectivity index (χ3n) is 4.65. The number of carboxylic acids is 1. The van der Waals surface area contributed by atoms with E-state index in [1.54, 1.807) is 21.5 Å². The summed E-state index contributed by atoms with van der Waals surface area (Å²) in [5.74, 6) is -2.11. The van der Waals surface area contributed by atoms with Gasteiger partial charge in [0.15, 0.2) is 0 Å². The highest BCUT2D eigenvalue weighted by atomic mass is 19.1. The lowest BCUT2D eigenvalue weighted by molar-refractivity contribution is 0.0695. The molecule has 2 aromatic carbocycles. The Kier molecular flexibility index (Phi) is 4.27. The molecule has 2 aromatic heterocycles. The predicted octanol–water partition coefficient (Wildman–Crippen LogP) is 3.38. The van der Waals surface area contributed by atoms with Crippen molar-refractivity contribution < 1.29 is 14.3 Å². The molecular weight excluding hydrogens is 361 g/mol. The van der Waals surface area contributed by atoms with E-state index in [0.717, 1.165) is 23.0 Å². The van der Waals surface area contributed by atoms with Crippen LogP contribution in [-0.4, -0.2) is 25.4 Å². The molecule has 140 valence electrons. The number of carboxylic acid groups (broad SMARTS) is 1. The highest BCUT2D eigenvalue weighted by molar-refractivity contribution is 5.92. The molecule has 0 bridgehead atoms. The van der Waals surface area contributed by atoms with E-state index < -0.39 is 22.8 Å². The van der Waals surface area contributed by atoms with Crippen molar-refractivity contribution in [1.29, 1.82) is 0 Å². The summed E-state index contributed by atoms with van der Waals surface area (Å²) < 4.78 is 17.6. The first-order chi connectivity index (χ1) is 13.5. The van der Waals surface area contributed by atoms with E-state index in [2.05, 4.69) is 5.10 Å². The molecule has 0 spiro atoms. The summed E-state index contributed by atoms with van der Waals surface area (Å²) in [6.45, 7) is 2.24. The van der Waals surface area contributed by atoms with Gasteiger partial charge in [-0.1, -0.05) is 18.2 Å². The Hall–Kier alpha value is -3.74. The van der Waals surface area contributed by atoms with E-state index in [4.69, 9.17) is 0 Å². The van der Waals surface area contributed by atoms with Gasteiger partial charge in [-0.25, -0.2) is 13.9 Å². The highest BCUT2D eigenvalue weighted by Crippen LogP contribution is 2.18. The lowest BCUT2D eigenvalue weighted by Crippen LogP contribution is -2.20. The zero-order valence-electron chi connectivity index (χ0n) is 15.0. The molecule has 28 heavy (non-hydrogen) atoms. The van der Waals surface area contributed by atoms with Gasteiger partial charge in [-0.15, -0.1) is 0 Å². The minimum absolute atomic E-state index is 0.216. The van der Waals surface area contributed by atoms with Crippen LogP contribution in [0.5, 0.6) is 0 Å². The van der Waals surface area contributed by atoms with Crippen LogP contribution in [-0.2, 0) is 6.54 Å². The summed E-state index contributed by atoms with van der Waals surface area (Å²) in [5, 5.41) is 13.4. The average Bonchev–Trinajstić information content (AvgIpc) is 3.10. The van der Waals surface area contributed by atoms with Crippen molar-refractivity contribution in [2.24, 2.45) is 0 Å². The molecule has 0 saturated heterocycles. The molecule has 0 aliphatic heterocycles. The van der Waals surface area contributed by atoms with Crippen molar-refractivity contribution in [3.05, 3.63) is 93.8 Å². The molecule has 6 nitrogen and oxygen atoms in total. The fraction of sp³-hybridized carbons (Fsp3) is 0.0952. The molecule has 2 heterocycles. The van der Waals surface area contributed by atoms with Gasteiger partial charge in [0.1, 0.15) is 11.4 Å². The van der Waals surface area contributed by atoms with Crippen molar-refractivity contribution >= 4 is 16.9 Å². The van der Waals surface area contributed by atoms with Crippen molar-refractivity contribution in [2.45, 2.75) is 13.5 Å². The van der Waals surface area contributed by atoms with Gasteiger partial charge < -0.3 is 9.67 Å². The van der Waals surface area contributed by atoms with E-state index in [0.29, 0.717) is 12.1 Å². The van der Waals surface area contributed by atoms with Crippen LogP contribution in [0, 0.1) is 12.7 Å². The molecular formula is C21H16FN3O3. The molecule has 0 fully saturated rings. The van der Waals surface area contributed by atoms with E-state index in [9.17, 15) is 19.1 Å². The fourth-order valence-corrected chi connectivity index (χ4v) is 3.26. The number of carbonyl (C=O) groups is 1. The lowest BCUT2D eigenvalue weighted by atomic mass is 10.1. The van der Waals surface area contributed by atoms with E-state index >= 15 is 0 Å². The van der Waals surface area contributed by atoms with Crippen LogP contribution in [0.3, 0.4) is 0 Å². The van der Waals surface area contributed by atoms with Crippen LogP contribution in [0.2, 0.25) is 0 Å². The maximum absolute atomic E-state index is 14.2. The molecule has 0 aliphatic carbocycles. The molecule has 4 rings (SSSR count). The minimum atomic E-state index is -1.38. The Labute approximate surface area is 159 Å². The topological polar surface area (TPSA) is 77.1 Å². The standard InChI is InChI=1S/C21H16FN3O3/c1-13-9-10-23-25(13)15-7-5-14(6-8-15)11-24-12-16(21(27)28)20(26)19-17(22)3-2-4-18(19)24/h2-10,12H,11H2,1H3,(H,27,28). The van der Waals surface area contributed by atoms with Gasteiger partial charge in [-0.2, -0.15) is 5.10 Å². The van der Waals surface area contributed by atoms with Crippen molar-refractivity contribution in [2.75, 3.05) is 0 Å². The molecule has 0 saturated carbocycles. The Bertz CT molecular complexity index is 1260. The summed E-state index contributed by atoms with van der Waals surface area (Å²) in [6, 6.07) is 13.7. The van der Waals surface area contributed by atoms with Crippen molar-refractivity contribution in [1.82, 2.24) is 14.3 Å². The van der Waals surface area contributed by atoms with E-state index in [-0.39, 0.29) is 5.39 Å². The van der Waals surface area contributed by atoms with Gasteiger partial charge in [-0.3, -0.25) is 4.79 Å².